The Balaban J connectivity index is 1.44. The van der Waals surface area contributed by atoms with Gasteiger partial charge < -0.3 is 10.0 Å². The van der Waals surface area contributed by atoms with Gasteiger partial charge in [0.25, 0.3) is 5.56 Å². The van der Waals surface area contributed by atoms with Crippen LogP contribution in [0.2, 0.25) is 0 Å². The molecule has 0 spiro atoms. The van der Waals surface area contributed by atoms with Crippen molar-refractivity contribution in [2.45, 2.75) is 51.3 Å². The SMILES string of the molecule is Cc1cncc(CN2CCCC(n3ncc(N4CCC(O)CC4)cc3=O)C2)c1. The number of aryl methyl sites for hydroxylation is 1. The minimum Gasteiger partial charge on any atom is -0.393 e. The number of aliphatic hydroxyl groups excluding tert-OH is 1. The second kappa shape index (κ2) is 8.41. The normalized spacial score (nSPS) is 21.8. The molecule has 4 rings (SSSR count). The maximum absolute atomic E-state index is 12.8. The molecule has 28 heavy (non-hydrogen) atoms. The van der Waals surface area contributed by atoms with Gasteiger partial charge in [0.2, 0.25) is 0 Å². The van der Waals surface area contributed by atoms with Crippen LogP contribution in [-0.2, 0) is 6.54 Å². The summed E-state index contributed by atoms with van der Waals surface area (Å²) >= 11 is 0. The van der Waals surface area contributed by atoms with Crippen LogP contribution >= 0.6 is 0 Å². The summed E-state index contributed by atoms with van der Waals surface area (Å²) in [5, 5.41) is 14.2. The third kappa shape index (κ3) is 4.42. The minimum absolute atomic E-state index is 0.0345. The molecule has 2 aromatic rings. The third-order valence-electron chi connectivity index (χ3n) is 5.81. The molecular formula is C21H29N5O2. The van der Waals surface area contributed by atoms with Gasteiger partial charge in [-0.3, -0.25) is 14.7 Å². The molecule has 2 aromatic heterocycles. The van der Waals surface area contributed by atoms with E-state index in [2.05, 4.69) is 32.9 Å². The van der Waals surface area contributed by atoms with E-state index in [1.807, 2.05) is 18.6 Å². The first-order chi connectivity index (χ1) is 13.6. The highest BCUT2D eigenvalue weighted by Crippen LogP contribution is 2.22. The fraction of sp³-hybridized carbons (Fsp3) is 0.571. The van der Waals surface area contributed by atoms with E-state index in [1.165, 1.54) is 11.1 Å². The van der Waals surface area contributed by atoms with Crippen molar-refractivity contribution in [2.75, 3.05) is 31.1 Å². The van der Waals surface area contributed by atoms with Crippen LogP contribution in [0.5, 0.6) is 0 Å². The topological polar surface area (TPSA) is 74.5 Å². The van der Waals surface area contributed by atoms with E-state index in [1.54, 1.807) is 10.7 Å². The summed E-state index contributed by atoms with van der Waals surface area (Å²) in [5.74, 6) is 0. The Morgan fingerprint density at radius 3 is 2.68 bits per heavy atom. The lowest BCUT2D eigenvalue weighted by Gasteiger charge is -2.34. The molecule has 150 valence electrons. The Morgan fingerprint density at radius 2 is 1.93 bits per heavy atom. The lowest BCUT2D eigenvalue weighted by molar-refractivity contribution is 0.145. The molecule has 1 atom stereocenters. The summed E-state index contributed by atoms with van der Waals surface area (Å²) in [6.45, 7) is 6.32. The number of hydrogen-bond donors (Lipinski definition) is 1. The molecule has 1 unspecified atom stereocenters. The number of nitrogens with zero attached hydrogens (tertiary/aromatic N) is 5. The van der Waals surface area contributed by atoms with Crippen molar-refractivity contribution in [3.05, 3.63) is 52.2 Å². The summed E-state index contributed by atoms with van der Waals surface area (Å²) in [7, 11) is 0. The molecule has 0 amide bonds. The molecule has 0 radical (unpaired) electrons. The largest absolute Gasteiger partial charge is 0.393 e. The third-order valence-corrected chi connectivity index (χ3v) is 5.81. The fourth-order valence-corrected chi connectivity index (χ4v) is 4.32. The average molecular weight is 383 g/mol. The molecule has 0 saturated carbocycles. The number of piperidine rings is 2. The summed E-state index contributed by atoms with van der Waals surface area (Å²) in [6.07, 6.45) is 8.91. The Bertz CT molecular complexity index is 860. The van der Waals surface area contributed by atoms with E-state index in [0.717, 1.165) is 64.1 Å². The smallest absolute Gasteiger partial charge is 0.269 e. The van der Waals surface area contributed by atoms with Gasteiger partial charge in [0.15, 0.2) is 0 Å². The molecule has 7 heteroatoms. The highest BCUT2D eigenvalue weighted by atomic mass is 16.3. The Kier molecular flexibility index (Phi) is 5.73. The number of rotatable bonds is 4. The molecule has 2 fully saturated rings. The molecule has 2 aliphatic heterocycles. The van der Waals surface area contributed by atoms with E-state index in [0.29, 0.717) is 0 Å². The van der Waals surface area contributed by atoms with Crippen molar-refractivity contribution >= 4 is 5.69 Å². The Morgan fingerprint density at radius 1 is 1.11 bits per heavy atom. The van der Waals surface area contributed by atoms with Crippen molar-refractivity contribution < 1.29 is 5.11 Å². The van der Waals surface area contributed by atoms with Crippen molar-refractivity contribution in [3.8, 4) is 0 Å². The van der Waals surface area contributed by atoms with E-state index in [-0.39, 0.29) is 17.7 Å². The van der Waals surface area contributed by atoms with Gasteiger partial charge in [-0.2, -0.15) is 5.10 Å². The second-order valence-corrected chi connectivity index (χ2v) is 8.12. The van der Waals surface area contributed by atoms with Crippen LogP contribution in [0.1, 0.15) is 42.9 Å². The van der Waals surface area contributed by atoms with Crippen molar-refractivity contribution in [1.82, 2.24) is 19.7 Å². The highest BCUT2D eigenvalue weighted by Gasteiger charge is 2.24. The van der Waals surface area contributed by atoms with Crippen molar-refractivity contribution in [3.63, 3.8) is 0 Å². The van der Waals surface area contributed by atoms with Crippen LogP contribution in [0.15, 0.2) is 35.5 Å². The average Bonchev–Trinajstić information content (AvgIpc) is 2.69. The van der Waals surface area contributed by atoms with Crippen LogP contribution in [0.25, 0.3) is 0 Å². The van der Waals surface area contributed by atoms with Gasteiger partial charge in [0, 0.05) is 44.6 Å². The van der Waals surface area contributed by atoms with Gasteiger partial charge in [-0.15, -0.1) is 0 Å². The number of pyridine rings is 1. The van der Waals surface area contributed by atoms with E-state index < -0.39 is 0 Å². The predicted molar refractivity (Wildman–Crippen MR) is 108 cm³/mol. The van der Waals surface area contributed by atoms with Crippen LogP contribution in [0.4, 0.5) is 5.69 Å². The molecule has 0 aromatic carbocycles. The molecular weight excluding hydrogens is 354 g/mol. The number of aromatic nitrogens is 3. The maximum Gasteiger partial charge on any atom is 0.269 e. The van der Waals surface area contributed by atoms with Gasteiger partial charge in [0.1, 0.15) is 0 Å². The number of anilines is 1. The summed E-state index contributed by atoms with van der Waals surface area (Å²) in [6, 6.07) is 3.98. The Hall–Kier alpha value is -2.25. The number of aliphatic hydroxyl groups is 1. The Labute approximate surface area is 165 Å². The van der Waals surface area contributed by atoms with E-state index >= 15 is 0 Å². The van der Waals surface area contributed by atoms with Crippen molar-refractivity contribution in [2.24, 2.45) is 0 Å². The first-order valence-corrected chi connectivity index (χ1v) is 10.2. The standard InChI is InChI=1S/C21H29N5O2/c1-16-9-17(12-22-11-16)14-24-6-2-3-18(15-24)26-21(28)10-19(13-23-26)25-7-4-20(27)5-8-25/h9-13,18,20,27H,2-8,14-15H2,1H3. The van der Waals surface area contributed by atoms with Crippen LogP contribution in [0.3, 0.4) is 0 Å². The second-order valence-electron chi connectivity index (χ2n) is 8.12. The lowest BCUT2D eigenvalue weighted by atomic mass is 10.0. The lowest BCUT2D eigenvalue weighted by Crippen LogP contribution is -2.41. The zero-order chi connectivity index (χ0) is 19.5. The highest BCUT2D eigenvalue weighted by molar-refractivity contribution is 5.43. The number of hydrogen-bond acceptors (Lipinski definition) is 6. The van der Waals surface area contributed by atoms with Gasteiger partial charge in [-0.1, -0.05) is 6.07 Å². The zero-order valence-electron chi connectivity index (χ0n) is 16.5. The van der Waals surface area contributed by atoms with Crippen LogP contribution < -0.4 is 10.5 Å². The van der Waals surface area contributed by atoms with Crippen LogP contribution in [0, 0.1) is 6.92 Å². The molecule has 4 heterocycles. The monoisotopic (exact) mass is 383 g/mol. The first kappa shape index (κ1) is 19.1. The molecule has 0 bridgehead atoms. The zero-order valence-corrected chi connectivity index (χ0v) is 16.5. The maximum atomic E-state index is 12.8. The molecule has 1 N–H and O–H groups in total. The first-order valence-electron chi connectivity index (χ1n) is 10.2. The fourth-order valence-electron chi connectivity index (χ4n) is 4.32. The van der Waals surface area contributed by atoms with Gasteiger partial charge >= 0.3 is 0 Å². The van der Waals surface area contributed by atoms with Gasteiger partial charge in [-0.25, -0.2) is 4.68 Å². The molecule has 2 saturated heterocycles. The summed E-state index contributed by atoms with van der Waals surface area (Å²) < 4.78 is 1.66. The minimum atomic E-state index is -0.221. The number of likely N-dealkylation sites (tertiary alicyclic amines) is 1. The molecule has 7 nitrogen and oxygen atoms in total. The molecule has 0 aliphatic carbocycles. The van der Waals surface area contributed by atoms with Gasteiger partial charge in [0.05, 0.1) is 24.0 Å². The molecule has 2 aliphatic rings. The quantitative estimate of drug-likeness (QED) is 0.867. The van der Waals surface area contributed by atoms with E-state index in [4.69, 9.17) is 0 Å². The summed E-state index contributed by atoms with van der Waals surface area (Å²) in [5.41, 5.74) is 3.22. The van der Waals surface area contributed by atoms with E-state index in [9.17, 15) is 9.90 Å². The van der Waals surface area contributed by atoms with Crippen LogP contribution in [-0.4, -0.2) is 57.1 Å². The summed E-state index contributed by atoms with van der Waals surface area (Å²) in [4.78, 5) is 21.6. The van der Waals surface area contributed by atoms with Crippen molar-refractivity contribution in [1.29, 1.82) is 0 Å². The predicted octanol–water partition coefficient (Wildman–Crippen LogP) is 1.74. The van der Waals surface area contributed by atoms with Gasteiger partial charge in [-0.05, 0) is 50.3 Å².